The maximum absolute atomic E-state index is 10.5. The second-order valence-corrected chi connectivity index (χ2v) is 2.37. The molecule has 1 aromatic heterocycles. The van der Waals surface area contributed by atoms with E-state index >= 15 is 0 Å². The van der Waals surface area contributed by atoms with E-state index in [1.165, 1.54) is 18.3 Å². The highest BCUT2D eigenvalue weighted by molar-refractivity contribution is 5.85. The molecule has 1 aromatic rings. The van der Waals surface area contributed by atoms with Crippen LogP contribution < -0.4 is 5.73 Å². The summed E-state index contributed by atoms with van der Waals surface area (Å²) in [6.07, 6.45) is 2.80. The van der Waals surface area contributed by atoms with Crippen LogP contribution in [0.4, 0.5) is 0 Å². The molecule has 0 aliphatic rings. The van der Waals surface area contributed by atoms with E-state index in [9.17, 15) is 4.79 Å². The van der Waals surface area contributed by atoms with Crippen molar-refractivity contribution in [3.05, 3.63) is 36.4 Å². The molecule has 0 spiro atoms. The Bertz CT molecular complexity index is 338. The predicted octanol–water partition coefficient (Wildman–Crippen LogP) is 0.361. The standard InChI is InChI=1S/C8H9N3O2/c1-2-5(9)7-10-4-3-6(11-7)8(12)13/h2-5H,1,9H2,(H,12,13). The number of aromatic nitrogens is 2. The van der Waals surface area contributed by atoms with E-state index in [0.717, 1.165) is 0 Å². The van der Waals surface area contributed by atoms with Gasteiger partial charge in [0.15, 0.2) is 5.69 Å². The Hall–Kier alpha value is -1.75. The van der Waals surface area contributed by atoms with Gasteiger partial charge >= 0.3 is 5.97 Å². The van der Waals surface area contributed by atoms with E-state index in [1.807, 2.05) is 0 Å². The van der Waals surface area contributed by atoms with Crippen LogP contribution in [0.15, 0.2) is 24.9 Å². The van der Waals surface area contributed by atoms with Gasteiger partial charge in [0.25, 0.3) is 0 Å². The van der Waals surface area contributed by atoms with Gasteiger partial charge in [-0.25, -0.2) is 14.8 Å². The third-order valence-corrected chi connectivity index (χ3v) is 1.45. The fraction of sp³-hybridized carbons (Fsp3) is 0.125. The largest absolute Gasteiger partial charge is 0.477 e. The van der Waals surface area contributed by atoms with Gasteiger partial charge in [0, 0.05) is 6.20 Å². The first-order valence-corrected chi connectivity index (χ1v) is 3.59. The van der Waals surface area contributed by atoms with Crippen molar-refractivity contribution < 1.29 is 9.90 Å². The third kappa shape index (κ3) is 2.09. The molecule has 0 saturated heterocycles. The maximum atomic E-state index is 10.5. The van der Waals surface area contributed by atoms with Gasteiger partial charge < -0.3 is 10.8 Å². The van der Waals surface area contributed by atoms with Gasteiger partial charge in [-0.05, 0) is 6.07 Å². The van der Waals surface area contributed by atoms with Crippen molar-refractivity contribution >= 4 is 5.97 Å². The Kier molecular flexibility index (Phi) is 2.71. The molecule has 0 aliphatic carbocycles. The highest BCUT2D eigenvalue weighted by Crippen LogP contribution is 2.04. The molecule has 1 unspecified atom stereocenters. The fourth-order valence-corrected chi connectivity index (χ4v) is 0.759. The minimum Gasteiger partial charge on any atom is -0.477 e. The number of carboxylic acid groups (broad SMARTS) is 1. The molecule has 13 heavy (non-hydrogen) atoms. The number of carbonyl (C=O) groups is 1. The molecular weight excluding hydrogens is 170 g/mol. The summed E-state index contributed by atoms with van der Waals surface area (Å²) in [5.74, 6) is -0.838. The topological polar surface area (TPSA) is 89.1 Å². The molecule has 1 atom stereocenters. The van der Waals surface area contributed by atoms with Crippen molar-refractivity contribution in [1.82, 2.24) is 9.97 Å². The average Bonchev–Trinajstić information content (AvgIpc) is 2.17. The van der Waals surface area contributed by atoms with Crippen LogP contribution in [0.3, 0.4) is 0 Å². The van der Waals surface area contributed by atoms with Gasteiger partial charge in [0.05, 0.1) is 6.04 Å². The molecule has 68 valence electrons. The van der Waals surface area contributed by atoms with Crippen molar-refractivity contribution in [3.63, 3.8) is 0 Å². The second kappa shape index (κ2) is 3.77. The maximum Gasteiger partial charge on any atom is 0.354 e. The van der Waals surface area contributed by atoms with E-state index in [0.29, 0.717) is 0 Å². The highest BCUT2D eigenvalue weighted by Gasteiger charge is 2.09. The molecule has 1 heterocycles. The second-order valence-electron chi connectivity index (χ2n) is 2.37. The van der Waals surface area contributed by atoms with Crippen LogP contribution in [-0.2, 0) is 0 Å². The highest BCUT2D eigenvalue weighted by atomic mass is 16.4. The van der Waals surface area contributed by atoms with Crippen molar-refractivity contribution in [3.8, 4) is 0 Å². The molecule has 0 saturated carbocycles. The lowest BCUT2D eigenvalue weighted by Crippen LogP contribution is -2.13. The van der Waals surface area contributed by atoms with Crippen molar-refractivity contribution in [2.45, 2.75) is 6.04 Å². The van der Waals surface area contributed by atoms with E-state index < -0.39 is 12.0 Å². The molecule has 5 nitrogen and oxygen atoms in total. The zero-order valence-electron chi connectivity index (χ0n) is 6.84. The molecule has 3 N–H and O–H groups in total. The minimum absolute atomic E-state index is 0.0673. The Morgan fingerprint density at radius 3 is 3.00 bits per heavy atom. The summed E-state index contributed by atoms with van der Waals surface area (Å²) in [4.78, 5) is 18.1. The number of rotatable bonds is 3. The molecule has 0 amide bonds. The Morgan fingerprint density at radius 2 is 2.46 bits per heavy atom. The van der Waals surface area contributed by atoms with Crippen LogP contribution in [-0.4, -0.2) is 21.0 Å². The third-order valence-electron chi connectivity index (χ3n) is 1.45. The Balaban J connectivity index is 3.04. The first kappa shape index (κ1) is 9.34. The molecule has 0 fully saturated rings. The van der Waals surface area contributed by atoms with Crippen LogP contribution in [0, 0.1) is 0 Å². The zero-order valence-corrected chi connectivity index (χ0v) is 6.84. The number of hydrogen-bond donors (Lipinski definition) is 2. The summed E-state index contributed by atoms with van der Waals surface area (Å²) >= 11 is 0. The molecule has 0 radical (unpaired) electrons. The van der Waals surface area contributed by atoms with Crippen LogP contribution in [0.2, 0.25) is 0 Å². The van der Waals surface area contributed by atoms with E-state index in [-0.39, 0.29) is 11.5 Å². The summed E-state index contributed by atoms with van der Waals surface area (Å²) in [5.41, 5.74) is 5.46. The van der Waals surface area contributed by atoms with Gasteiger partial charge in [-0.3, -0.25) is 0 Å². The SMILES string of the molecule is C=CC(N)c1nccc(C(=O)O)n1. The van der Waals surface area contributed by atoms with E-state index in [1.54, 1.807) is 0 Å². The first-order valence-electron chi connectivity index (χ1n) is 3.59. The van der Waals surface area contributed by atoms with Gasteiger partial charge in [-0.1, -0.05) is 6.08 Å². The summed E-state index contributed by atoms with van der Waals surface area (Å²) in [7, 11) is 0. The van der Waals surface area contributed by atoms with Crippen molar-refractivity contribution in [2.24, 2.45) is 5.73 Å². The van der Waals surface area contributed by atoms with Crippen LogP contribution in [0.1, 0.15) is 22.4 Å². The van der Waals surface area contributed by atoms with E-state index in [2.05, 4.69) is 16.5 Å². The summed E-state index contributed by atoms with van der Waals surface area (Å²) in [6, 6.07) is 0.779. The number of aromatic carboxylic acids is 1. The normalized spacial score (nSPS) is 12.1. The zero-order chi connectivity index (χ0) is 9.84. The lowest BCUT2D eigenvalue weighted by molar-refractivity contribution is 0.0690. The molecule has 0 aliphatic heterocycles. The lowest BCUT2D eigenvalue weighted by Gasteiger charge is -2.03. The number of nitrogens with zero attached hydrogens (tertiary/aromatic N) is 2. The smallest absolute Gasteiger partial charge is 0.354 e. The van der Waals surface area contributed by atoms with Crippen molar-refractivity contribution in [1.29, 1.82) is 0 Å². The Labute approximate surface area is 74.9 Å². The summed E-state index contributed by atoms with van der Waals surface area (Å²) < 4.78 is 0. The van der Waals surface area contributed by atoms with Gasteiger partial charge in [-0.2, -0.15) is 0 Å². The van der Waals surface area contributed by atoms with Crippen LogP contribution in [0.5, 0.6) is 0 Å². The molecule has 1 rings (SSSR count). The molecule has 0 aromatic carbocycles. The lowest BCUT2D eigenvalue weighted by atomic mass is 10.3. The predicted molar refractivity (Wildman–Crippen MR) is 46.1 cm³/mol. The first-order chi connectivity index (χ1) is 6.15. The molecular formula is C8H9N3O2. The Morgan fingerprint density at radius 1 is 1.77 bits per heavy atom. The number of hydrogen-bond acceptors (Lipinski definition) is 4. The van der Waals surface area contributed by atoms with Gasteiger partial charge in [-0.15, -0.1) is 6.58 Å². The van der Waals surface area contributed by atoms with Gasteiger partial charge in [0.1, 0.15) is 5.82 Å². The number of carboxylic acids is 1. The van der Waals surface area contributed by atoms with Crippen molar-refractivity contribution in [2.75, 3.05) is 0 Å². The molecule has 0 bridgehead atoms. The van der Waals surface area contributed by atoms with Crippen LogP contribution >= 0.6 is 0 Å². The van der Waals surface area contributed by atoms with Crippen LogP contribution in [0.25, 0.3) is 0 Å². The summed E-state index contributed by atoms with van der Waals surface area (Å²) in [5, 5.41) is 8.61. The average molecular weight is 179 g/mol. The van der Waals surface area contributed by atoms with Gasteiger partial charge in [0.2, 0.25) is 0 Å². The fourth-order valence-electron chi connectivity index (χ4n) is 0.759. The minimum atomic E-state index is -1.10. The number of nitrogens with two attached hydrogens (primary N) is 1. The quantitative estimate of drug-likeness (QED) is 0.654. The monoisotopic (exact) mass is 179 g/mol. The summed E-state index contributed by atoms with van der Waals surface area (Å²) in [6.45, 7) is 3.46. The van der Waals surface area contributed by atoms with E-state index in [4.69, 9.17) is 10.8 Å². The molecule has 5 heteroatoms.